The van der Waals surface area contributed by atoms with Crippen LogP contribution in [0, 0.1) is 29.1 Å². The van der Waals surface area contributed by atoms with Crippen molar-refractivity contribution in [1.29, 1.82) is 0 Å². The van der Waals surface area contributed by atoms with Crippen LogP contribution < -0.4 is 10.6 Å². The number of hydrogen-bond acceptors (Lipinski definition) is 4. The van der Waals surface area contributed by atoms with Crippen LogP contribution in [0.25, 0.3) is 0 Å². The third-order valence-electron chi connectivity index (χ3n) is 8.83. The van der Waals surface area contributed by atoms with E-state index >= 15 is 0 Å². The number of fused-ring (bicyclic) bond motifs is 1. The molecular formula is C31H34N6. The maximum absolute atomic E-state index is 4.58. The van der Waals surface area contributed by atoms with E-state index in [4.69, 9.17) is 0 Å². The number of nitrogens with zero attached hydrogens (tertiary/aromatic N) is 2. The van der Waals surface area contributed by atoms with Crippen molar-refractivity contribution in [2.45, 2.75) is 76.3 Å². The monoisotopic (exact) mass is 490 g/mol. The van der Waals surface area contributed by atoms with E-state index < -0.39 is 0 Å². The average molecular weight is 491 g/mol. The second-order valence-corrected chi connectivity index (χ2v) is 11.3. The summed E-state index contributed by atoms with van der Waals surface area (Å²) in [6.07, 6.45) is 16.0. The summed E-state index contributed by atoms with van der Waals surface area (Å²) in [5, 5.41) is 7.01. The molecule has 2 aliphatic heterocycles. The van der Waals surface area contributed by atoms with E-state index in [1.807, 2.05) is 12.4 Å². The Kier molecular flexibility index (Phi) is 5.88. The second-order valence-electron chi connectivity index (χ2n) is 11.3. The SMILES string of the molecule is C(#Cc1ccc(C#Cc2cnc(C3CCCN3)[nH]2)c2c1CC1(CCCC1)C2)c1cnc(C2CCCN2)[nH]1. The molecule has 4 N–H and O–H groups in total. The third kappa shape index (κ3) is 4.50. The normalized spacial score (nSPS) is 23.6. The third-order valence-corrected chi connectivity index (χ3v) is 8.83. The zero-order valence-electron chi connectivity index (χ0n) is 21.3. The number of nitrogens with one attached hydrogen (secondary N) is 4. The van der Waals surface area contributed by atoms with Gasteiger partial charge in [0.1, 0.15) is 23.0 Å². The molecule has 0 bridgehead atoms. The summed E-state index contributed by atoms with van der Waals surface area (Å²) in [6, 6.07) is 5.03. The van der Waals surface area contributed by atoms with Gasteiger partial charge in [0.15, 0.2) is 0 Å². The van der Waals surface area contributed by atoms with Crippen molar-refractivity contribution >= 4 is 0 Å². The molecule has 1 spiro atoms. The van der Waals surface area contributed by atoms with Crippen LogP contribution in [0.5, 0.6) is 0 Å². The van der Waals surface area contributed by atoms with Crippen molar-refractivity contribution < 1.29 is 0 Å². The molecule has 6 nitrogen and oxygen atoms in total. The number of benzene rings is 1. The first-order valence-corrected chi connectivity index (χ1v) is 14.0. The molecule has 2 aliphatic carbocycles. The second kappa shape index (κ2) is 9.53. The maximum atomic E-state index is 4.58. The Bertz CT molecular complexity index is 1320. The minimum atomic E-state index is 0.334. The molecule has 2 saturated heterocycles. The number of aromatic nitrogens is 4. The van der Waals surface area contributed by atoms with E-state index in [1.54, 1.807) is 0 Å². The van der Waals surface area contributed by atoms with Crippen LogP contribution in [0.3, 0.4) is 0 Å². The van der Waals surface area contributed by atoms with Crippen molar-refractivity contribution in [2.75, 3.05) is 13.1 Å². The summed E-state index contributed by atoms with van der Waals surface area (Å²) < 4.78 is 0. The summed E-state index contributed by atoms with van der Waals surface area (Å²) in [7, 11) is 0. The average Bonchev–Trinajstić information content (AvgIpc) is 3.76. The van der Waals surface area contributed by atoms with Crippen molar-refractivity contribution in [2.24, 2.45) is 5.41 Å². The summed E-state index contributed by atoms with van der Waals surface area (Å²) in [4.78, 5) is 16.0. The smallest absolute Gasteiger partial charge is 0.124 e. The van der Waals surface area contributed by atoms with Gasteiger partial charge in [-0.15, -0.1) is 0 Å². The summed E-state index contributed by atoms with van der Waals surface area (Å²) >= 11 is 0. The van der Waals surface area contributed by atoms with Gasteiger partial charge in [-0.05, 0) is 105 Å². The van der Waals surface area contributed by atoms with Crippen LogP contribution in [-0.2, 0) is 12.8 Å². The molecule has 2 atom stereocenters. The molecule has 3 fully saturated rings. The molecule has 0 amide bonds. The summed E-state index contributed by atoms with van der Waals surface area (Å²) in [5.41, 5.74) is 7.31. The molecule has 7 rings (SSSR count). The van der Waals surface area contributed by atoms with Gasteiger partial charge in [-0.2, -0.15) is 0 Å². The minimum absolute atomic E-state index is 0.334. The van der Waals surface area contributed by atoms with Crippen molar-refractivity contribution in [1.82, 2.24) is 30.6 Å². The standard InChI is InChI=1S/C31H34N6/c1-2-14-31(13-1)17-25-21(9-11-23-19-34-29(36-23)27-5-3-15-32-27)7-8-22(26(25)18-31)10-12-24-20-35-30(37-24)28-6-4-16-33-28/h7-8,19-20,27-28,32-33H,1-6,13-18H2,(H,34,36)(H,35,37). The van der Waals surface area contributed by atoms with Crippen LogP contribution in [-0.4, -0.2) is 33.0 Å². The van der Waals surface area contributed by atoms with Gasteiger partial charge in [-0.1, -0.05) is 24.7 Å². The van der Waals surface area contributed by atoms with E-state index in [0.29, 0.717) is 17.5 Å². The number of H-pyrrole nitrogens is 2. The molecule has 2 aromatic heterocycles. The number of aromatic amines is 2. The van der Waals surface area contributed by atoms with Gasteiger partial charge in [-0.25, -0.2) is 9.97 Å². The van der Waals surface area contributed by atoms with Crippen LogP contribution in [0.2, 0.25) is 0 Å². The van der Waals surface area contributed by atoms with Gasteiger partial charge in [0.2, 0.25) is 0 Å². The van der Waals surface area contributed by atoms with Gasteiger partial charge in [0.25, 0.3) is 0 Å². The Morgan fingerprint density at radius 2 is 1.19 bits per heavy atom. The molecule has 37 heavy (non-hydrogen) atoms. The van der Waals surface area contributed by atoms with Crippen LogP contribution in [0.4, 0.5) is 0 Å². The Morgan fingerprint density at radius 3 is 1.65 bits per heavy atom. The Morgan fingerprint density at radius 1 is 0.676 bits per heavy atom. The van der Waals surface area contributed by atoms with Crippen LogP contribution >= 0.6 is 0 Å². The first kappa shape index (κ1) is 22.8. The predicted octanol–water partition coefficient (Wildman–Crippen LogP) is 4.44. The van der Waals surface area contributed by atoms with Crippen molar-refractivity contribution in [3.8, 4) is 23.7 Å². The molecule has 1 aromatic carbocycles. The predicted molar refractivity (Wildman–Crippen MR) is 144 cm³/mol. The van der Waals surface area contributed by atoms with E-state index in [9.17, 15) is 0 Å². The molecule has 4 aliphatic rings. The van der Waals surface area contributed by atoms with Crippen molar-refractivity contribution in [3.63, 3.8) is 0 Å². The van der Waals surface area contributed by atoms with E-state index in [2.05, 4.69) is 66.4 Å². The first-order chi connectivity index (χ1) is 18.2. The highest BCUT2D eigenvalue weighted by Crippen LogP contribution is 2.50. The molecule has 3 aromatic rings. The highest BCUT2D eigenvalue weighted by Gasteiger charge is 2.41. The fraction of sp³-hybridized carbons (Fsp3) is 0.484. The van der Waals surface area contributed by atoms with Gasteiger partial charge < -0.3 is 20.6 Å². The Balaban J connectivity index is 1.18. The highest BCUT2D eigenvalue weighted by molar-refractivity contribution is 5.58. The molecule has 6 heteroatoms. The van der Waals surface area contributed by atoms with Gasteiger partial charge in [0, 0.05) is 11.1 Å². The lowest BCUT2D eigenvalue weighted by atomic mass is 9.83. The molecular weight excluding hydrogens is 456 g/mol. The first-order valence-electron chi connectivity index (χ1n) is 14.0. The quantitative estimate of drug-likeness (QED) is 0.401. The zero-order valence-corrected chi connectivity index (χ0v) is 21.3. The number of rotatable bonds is 2. The van der Waals surface area contributed by atoms with Gasteiger partial charge in [0.05, 0.1) is 24.5 Å². The fourth-order valence-electron chi connectivity index (χ4n) is 6.88. The molecule has 0 radical (unpaired) electrons. The van der Waals surface area contributed by atoms with Gasteiger partial charge in [-0.3, -0.25) is 0 Å². The number of imidazole rings is 2. The number of hydrogen-bond donors (Lipinski definition) is 4. The topological polar surface area (TPSA) is 81.4 Å². The Hall–Kier alpha value is -3.32. The Labute approximate surface area is 218 Å². The zero-order chi connectivity index (χ0) is 24.7. The van der Waals surface area contributed by atoms with E-state index in [-0.39, 0.29) is 0 Å². The fourth-order valence-corrected chi connectivity index (χ4v) is 6.88. The summed E-state index contributed by atoms with van der Waals surface area (Å²) in [5.74, 6) is 15.7. The molecule has 2 unspecified atom stereocenters. The molecule has 4 heterocycles. The lowest BCUT2D eigenvalue weighted by Gasteiger charge is -2.21. The maximum Gasteiger partial charge on any atom is 0.124 e. The minimum Gasteiger partial charge on any atom is -0.334 e. The van der Waals surface area contributed by atoms with E-state index in [0.717, 1.165) is 72.9 Å². The largest absolute Gasteiger partial charge is 0.334 e. The lowest BCUT2D eigenvalue weighted by Crippen LogP contribution is -2.15. The van der Waals surface area contributed by atoms with Crippen LogP contribution in [0.15, 0.2) is 24.5 Å². The molecule has 188 valence electrons. The summed E-state index contributed by atoms with van der Waals surface area (Å²) in [6.45, 7) is 2.13. The van der Waals surface area contributed by atoms with Crippen LogP contribution in [0.1, 0.15) is 109 Å². The van der Waals surface area contributed by atoms with Crippen molar-refractivity contribution in [3.05, 3.63) is 69.8 Å². The van der Waals surface area contributed by atoms with Gasteiger partial charge >= 0.3 is 0 Å². The molecule has 1 saturated carbocycles. The van der Waals surface area contributed by atoms with E-state index in [1.165, 1.54) is 49.7 Å². The highest BCUT2D eigenvalue weighted by atomic mass is 15.0. The lowest BCUT2D eigenvalue weighted by molar-refractivity contribution is 0.317.